The van der Waals surface area contributed by atoms with Crippen molar-refractivity contribution in [2.45, 2.75) is 26.1 Å². The number of benzene rings is 1. The van der Waals surface area contributed by atoms with E-state index in [2.05, 4.69) is 12.6 Å². The van der Waals surface area contributed by atoms with Gasteiger partial charge in [-0.3, -0.25) is 4.79 Å². The fraction of sp³-hybridized carbons (Fsp3) is 0.312. The van der Waals surface area contributed by atoms with Crippen LogP contribution >= 0.6 is 12.6 Å². The molecule has 1 heterocycles. The fourth-order valence-corrected chi connectivity index (χ4v) is 2.56. The van der Waals surface area contributed by atoms with E-state index < -0.39 is 0 Å². The maximum atomic E-state index is 12.4. The van der Waals surface area contributed by atoms with Crippen LogP contribution in [0, 0.1) is 6.92 Å². The van der Waals surface area contributed by atoms with Gasteiger partial charge in [0.05, 0.1) is 12.8 Å². The molecule has 20 heavy (non-hydrogen) atoms. The third-order valence-electron chi connectivity index (χ3n) is 3.37. The summed E-state index contributed by atoms with van der Waals surface area (Å²) >= 11 is 4.20. The lowest BCUT2D eigenvalue weighted by molar-refractivity contribution is 0.416. The second-order valence-electron chi connectivity index (χ2n) is 4.66. The van der Waals surface area contributed by atoms with Crippen LogP contribution in [-0.2, 0) is 12.3 Å². The van der Waals surface area contributed by atoms with Gasteiger partial charge in [0.15, 0.2) is 0 Å². The molecule has 1 aromatic carbocycles. The van der Waals surface area contributed by atoms with Crippen molar-refractivity contribution in [3.63, 3.8) is 0 Å². The Hall–Kier alpha value is -1.68. The summed E-state index contributed by atoms with van der Waals surface area (Å²) in [6, 6.07) is 9.78. The predicted octanol–water partition coefficient (Wildman–Crippen LogP) is 3.28. The van der Waals surface area contributed by atoms with Crippen LogP contribution in [-0.4, -0.2) is 11.7 Å². The monoisotopic (exact) mass is 289 g/mol. The highest BCUT2D eigenvalue weighted by molar-refractivity contribution is 7.79. The lowest BCUT2D eigenvalue weighted by Crippen LogP contribution is -2.23. The van der Waals surface area contributed by atoms with E-state index in [1.54, 1.807) is 11.7 Å². The lowest BCUT2D eigenvalue weighted by Gasteiger charge is -2.15. The molecule has 3 nitrogen and oxygen atoms in total. The zero-order valence-electron chi connectivity index (χ0n) is 12.0. The van der Waals surface area contributed by atoms with Crippen molar-refractivity contribution in [2.75, 3.05) is 7.11 Å². The number of ether oxygens (including phenoxy) is 1. The van der Waals surface area contributed by atoms with E-state index in [1.807, 2.05) is 44.2 Å². The molecule has 0 unspecified atom stereocenters. The van der Waals surface area contributed by atoms with Crippen molar-refractivity contribution in [3.8, 4) is 17.0 Å². The average Bonchev–Trinajstić information content (AvgIpc) is 2.46. The highest BCUT2D eigenvalue weighted by Crippen LogP contribution is 2.30. The zero-order valence-corrected chi connectivity index (χ0v) is 12.9. The Morgan fingerprint density at radius 2 is 2.00 bits per heavy atom. The van der Waals surface area contributed by atoms with Gasteiger partial charge >= 0.3 is 0 Å². The summed E-state index contributed by atoms with van der Waals surface area (Å²) in [5.41, 5.74) is 3.68. The number of hydrogen-bond acceptors (Lipinski definition) is 3. The first-order chi connectivity index (χ1) is 9.62. The highest BCUT2D eigenvalue weighted by Gasteiger charge is 2.12. The van der Waals surface area contributed by atoms with E-state index in [0.717, 1.165) is 22.6 Å². The van der Waals surface area contributed by atoms with Crippen LogP contribution in [0.4, 0.5) is 0 Å². The van der Waals surface area contributed by atoms with Crippen molar-refractivity contribution < 1.29 is 4.74 Å². The van der Waals surface area contributed by atoms with Crippen LogP contribution < -0.4 is 10.3 Å². The van der Waals surface area contributed by atoms with Crippen LogP contribution in [0.15, 0.2) is 35.1 Å². The van der Waals surface area contributed by atoms with Gasteiger partial charge in [0, 0.05) is 23.4 Å². The number of thiol groups is 1. The molecule has 2 rings (SSSR count). The molecule has 0 bridgehead atoms. The topological polar surface area (TPSA) is 31.2 Å². The van der Waals surface area contributed by atoms with Crippen molar-refractivity contribution in [1.29, 1.82) is 0 Å². The molecule has 0 amide bonds. The summed E-state index contributed by atoms with van der Waals surface area (Å²) < 4.78 is 7.19. The Morgan fingerprint density at radius 3 is 2.60 bits per heavy atom. The van der Waals surface area contributed by atoms with Gasteiger partial charge in [-0.1, -0.05) is 17.7 Å². The molecule has 0 atom stereocenters. The molecule has 0 spiro atoms. The standard InChI is InChI=1S/C16H19NO2S/c1-4-17-14(7-6-12(10-20)16(17)18)13-9-11(2)5-8-15(13)19-3/h5-9,20H,4,10H2,1-3H3. The molecule has 0 aliphatic rings. The summed E-state index contributed by atoms with van der Waals surface area (Å²) in [4.78, 5) is 12.4. The van der Waals surface area contributed by atoms with Crippen molar-refractivity contribution in [2.24, 2.45) is 0 Å². The maximum absolute atomic E-state index is 12.4. The third-order valence-corrected chi connectivity index (χ3v) is 3.71. The first-order valence-corrected chi connectivity index (χ1v) is 7.24. The number of aromatic nitrogens is 1. The normalized spacial score (nSPS) is 10.6. The Labute approximate surface area is 124 Å². The van der Waals surface area contributed by atoms with Crippen molar-refractivity contribution >= 4 is 12.6 Å². The smallest absolute Gasteiger partial charge is 0.255 e. The van der Waals surface area contributed by atoms with E-state index in [4.69, 9.17) is 4.74 Å². The number of aryl methyl sites for hydroxylation is 1. The van der Waals surface area contributed by atoms with Gasteiger partial charge in [-0.15, -0.1) is 0 Å². The van der Waals surface area contributed by atoms with Crippen molar-refractivity contribution in [3.05, 3.63) is 51.8 Å². The molecule has 2 aromatic rings. The molecule has 1 aromatic heterocycles. The first-order valence-electron chi connectivity index (χ1n) is 6.61. The minimum Gasteiger partial charge on any atom is -0.496 e. The second-order valence-corrected chi connectivity index (χ2v) is 4.97. The van der Waals surface area contributed by atoms with Crippen LogP contribution in [0.2, 0.25) is 0 Å². The maximum Gasteiger partial charge on any atom is 0.255 e. The Balaban J connectivity index is 2.73. The van der Waals surface area contributed by atoms with Gasteiger partial charge in [-0.25, -0.2) is 0 Å². The summed E-state index contributed by atoms with van der Waals surface area (Å²) in [6.45, 7) is 4.61. The van der Waals surface area contributed by atoms with Crippen LogP contribution in [0.1, 0.15) is 18.1 Å². The quantitative estimate of drug-likeness (QED) is 0.876. The average molecular weight is 289 g/mol. The minimum atomic E-state index is 0.0172. The first kappa shape index (κ1) is 14.7. The molecule has 106 valence electrons. The molecule has 0 aliphatic heterocycles. The molecule has 0 radical (unpaired) electrons. The van der Waals surface area contributed by atoms with E-state index in [9.17, 15) is 4.79 Å². The van der Waals surface area contributed by atoms with Gasteiger partial charge < -0.3 is 9.30 Å². The molecule has 0 fully saturated rings. The van der Waals surface area contributed by atoms with Crippen molar-refractivity contribution in [1.82, 2.24) is 4.57 Å². The summed E-state index contributed by atoms with van der Waals surface area (Å²) in [5, 5.41) is 0. The number of nitrogens with zero attached hydrogens (tertiary/aromatic N) is 1. The zero-order chi connectivity index (χ0) is 14.7. The van der Waals surface area contributed by atoms with Gasteiger partial charge in [0.1, 0.15) is 5.75 Å². The predicted molar refractivity (Wildman–Crippen MR) is 85.8 cm³/mol. The molecule has 4 heteroatoms. The SMILES string of the molecule is CCn1c(-c2cc(C)ccc2OC)ccc(CS)c1=O. The number of pyridine rings is 1. The second kappa shape index (κ2) is 6.18. The molecule has 0 saturated carbocycles. The number of rotatable bonds is 4. The molecular formula is C16H19NO2S. The Bertz CT molecular complexity index is 677. The summed E-state index contributed by atoms with van der Waals surface area (Å²) in [7, 11) is 1.64. The van der Waals surface area contributed by atoms with Crippen LogP contribution in [0.25, 0.3) is 11.3 Å². The number of methoxy groups -OCH3 is 1. The minimum absolute atomic E-state index is 0.0172. The van der Waals surface area contributed by atoms with Crippen LogP contribution in [0.3, 0.4) is 0 Å². The fourth-order valence-electron chi connectivity index (χ4n) is 2.31. The molecule has 0 aliphatic carbocycles. The van der Waals surface area contributed by atoms with E-state index >= 15 is 0 Å². The summed E-state index contributed by atoms with van der Waals surface area (Å²) in [5.74, 6) is 1.22. The lowest BCUT2D eigenvalue weighted by atomic mass is 10.1. The van der Waals surface area contributed by atoms with Gasteiger partial charge in [0.2, 0.25) is 0 Å². The highest BCUT2D eigenvalue weighted by atomic mass is 32.1. The van der Waals surface area contributed by atoms with Gasteiger partial charge in [-0.05, 0) is 32.0 Å². The van der Waals surface area contributed by atoms with Crippen LogP contribution in [0.5, 0.6) is 5.75 Å². The van der Waals surface area contributed by atoms with E-state index in [1.165, 1.54) is 0 Å². The molecular weight excluding hydrogens is 270 g/mol. The third kappa shape index (κ3) is 2.61. The van der Waals surface area contributed by atoms with Gasteiger partial charge in [0.25, 0.3) is 5.56 Å². The molecule has 0 saturated heterocycles. The number of hydrogen-bond donors (Lipinski definition) is 1. The Kier molecular flexibility index (Phi) is 4.55. The Morgan fingerprint density at radius 1 is 1.25 bits per heavy atom. The van der Waals surface area contributed by atoms with Gasteiger partial charge in [-0.2, -0.15) is 12.6 Å². The largest absolute Gasteiger partial charge is 0.496 e. The van der Waals surface area contributed by atoms with E-state index in [-0.39, 0.29) is 5.56 Å². The molecule has 0 N–H and O–H groups in total. The van der Waals surface area contributed by atoms with E-state index in [0.29, 0.717) is 17.9 Å². The summed E-state index contributed by atoms with van der Waals surface area (Å²) in [6.07, 6.45) is 0.